The molecule has 0 N–H and O–H groups in total. The topological polar surface area (TPSA) is 17.1 Å². The van der Waals surface area contributed by atoms with Gasteiger partial charge in [0.25, 0.3) is 0 Å². The third-order valence-corrected chi connectivity index (χ3v) is 2.43. The number of hydrogen-bond acceptors (Lipinski definition) is 3. The molecule has 3 heteroatoms. The van der Waals surface area contributed by atoms with Gasteiger partial charge in [-0.15, -0.1) is 25.3 Å². The number of Topliss-reactive ketones (excluding diaryl/α,β-unsaturated/α-hetero) is 1. The summed E-state index contributed by atoms with van der Waals surface area (Å²) >= 11 is 8.38. The van der Waals surface area contributed by atoms with E-state index in [-0.39, 0.29) is 5.78 Å². The lowest BCUT2D eigenvalue weighted by atomic mass is 10.1. The lowest BCUT2D eigenvalue weighted by Gasteiger charge is -2.01. The minimum atomic E-state index is 0.162. The third kappa shape index (κ3) is 2.57. The molecule has 0 unspecified atom stereocenters. The van der Waals surface area contributed by atoms with Crippen LogP contribution in [0.4, 0.5) is 0 Å². The second kappa shape index (κ2) is 4.01. The molecule has 0 aliphatic carbocycles. The molecule has 0 aliphatic heterocycles. The lowest BCUT2D eigenvalue weighted by molar-refractivity contribution is -0.116. The predicted octanol–water partition coefficient (Wildman–Crippen LogP) is 2.40. The second-order valence-electron chi connectivity index (χ2n) is 2.70. The summed E-state index contributed by atoms with van der Waals surface area (Å²) in [6.45, 7) is 1.58. The first-order valence-corrected chi connectivity index (χ1v) is 4.49. The average molecular weight is 198 g/mol. The molecular weight excluding hydrogens is 188 g/mol. The van der Waals surface area contributed by atoms with E-state index in [1.807, 2.05) is 18.2 Å². The summed E-state index contributed by atoms with van der Waals surface area (Å²) in [7, 11) is 0. The fraction of sp³-hybridized carbons (Fsp3) is 0.222. The van der Waals surface area contributed by atoms with Gasteiger partial charge in [0.2, 0.25) is 0 Å². The first-order valence-electron chi connectivity index (χ1n) is 3.60. The van der Waals surface area contributed by atoms with Crippen molar-refractivity contribution in [3.05, 3.63) is 23.8 Å². The van der Waals surface area contributed by atoms with Crippen LogP contribution in [0.2, 0.25) is 0 Å². The van der Waals surface area contributed by atoms with Crippen molar-refractivity contribution in [1.82, 2.24) is 0 Å². The standard InChI is InChI=1S/C9H10OS2/c1-6(10)4-7-2-3-8(11)9(12)5-7/h2-3,5,11-12H,4H2,1H3. The quantitative estimate of drug-likeness (QED) is 0.698. The maximum absolute atomic E-state index is 10.8. The van der Waals surface area contributed by atoms with Gasteiger partial charge in [-0.3, -0.25) is 4.79 Å². The molecule has 1 rings (SSSR count). The van der Waals surface area contributed by atoms with Gasteiger partial charge in [0.05, 0.1) is 0 Å². The van der Waals surface area contributed by atoms with E-state index in [1.54, 1.807) is 6.92 Å². The molecule has 0 bridgehead atoms. The molecule has 1 aromatic rings. The highest BCUT2D eigenvalue weighted by Gasteiger charge is 1.99. The summed E-state index contributed by atoms with van der Waals surface area (Å²) in [5.41, 5.74) is 0.991. The van der Waals surface area contributed by atoms with Crippen LogP contribution < -0.4 is 0 Å². The number of ketones is 1. The highest BCUT2D eigenvalue weighted by atomic mass is 32.1. The summed E-state index contributed by atoms with van der Waals surface area (Å²) in [5.74, 6) is 0.162. The lowest BCUT2D eigenvalue weighted by Crippen LogP contribution is -1.95. The molecular formula is C9H10OS2. The molecule has 0 aliphatic rings. The molecule has 64 valence electrons. The molecule has 0 fully saturated rings. The number of carbonyl (C=O) groups excluding carboxylic acids is 1. The number of rotatable bonds is 2. The van der Waals surface area contributed by atoms with Crippen LogP contribution in [0.25, 0.3) is 0 Å². The first-order chi connectivity index (χ1) is 5.59. The van der Waals surface area contributed by atoms with Crippen LogP contribution in [0.5, 0.6) is 0 Å². The van der Waals surface area contributed by atoms with Gasteiger partial charge in [0, 0.05) is 16.2 Å². The van der Waals surface area contributed by atoms with Gasteiger partial charge in [-0.1, -0.05) is 6.07 Å². The van der Waals surface area contributed by atoms with E-state index in [9.17, 15) is 4.79 Å². The minimum Gasteiger partial charge on any atom is -0.300 e. The first kappa shape index (κ1) is 9.68. The van der Waals surface area contributed by atoms with E-state index in [2.05, 4.69) is 25.3 Å². The van der Waals surface area contributed by atoms with E-state index in [0.29, 0.717) is 6.42 Å². The van der Waals surface area contributed by atoms with Crippen LogP contribution in [0.1, 0.15) is 12.5 Å². The second-order valence-corrected chi connectivity index (χ2v) is 3.67. The van der Waals surface area contributed by atoms with Crippen LogP contribution in [-0.4, -0.2) is 5.78 Å². The van der Waals surface area contributed by atoms with Crippen molar-refractivity contribution in [2.24, 2.45) is 0 Å². The molecule has 1 aromatic carbocycles. The van der Waals surface area contributed by atoms with E-state index in [4.69, 9.17) is 0 Å². The zero-order valence-corrected chi connectivity index (χ0v) is 8.53. The van der Waals surface area contributed by atoms with Crippen LogP contribution >= 0.6 is 25.3 Å². The van der Waals surface area contributed by atoms with Gasteiger partial charge >= 0.3 is 0 Å². The normalized spacial score (nSPS) is 9.92. The van der Waals surface area contributed by atoms with Crippen LogP contribution in [0, 0.1) is 0 Å². The highest BCUT2D eigenvalue weighted by molar-refractivity contribution is 7.83. The highest BCUT2D eigenvalue weighted by Crippen LogP contribution is 2.19. The molecule has 0 radical (unpaired) electrons. The Morgan fingerprint density at radius 1 is 1.33 bits per heavy atom. The van der Waals surface area contributed by atoms with E-state index >= 15 is 0 Å². The molecule has 0 amide bonds. The molecule has 1 nitrogen and oxygen atoms in total. The van der Waals surface area contributed by atoms with Gasteiger partial charge in [0.1, 0.15) is 5.78 Å². The zero-order valence-electron chi connectivity index (χ0n) is 6.74. The third-order valence-electron chi connectivity index (χ3n) is 1.49. The Labute approximate surface area is 83.0 Å². The van der Waals surface area contributed by atoms with Crippen molar-refractivity contribution >= 4 is 31.0 Å². The number of thiol groups is 2. The zero-order chi connectivity index (χ0) is 9.14. The maximum atomic E-state index is 10.8. The fourth-order valence-corrected chi connectivity index (χ4v) is 1.35. The predicted molar refractivity (Wildman–Crippen MR) is 55.3 cm³/mol. The van der Waals surface area contributed by atoms with Crippen LogP contribution in [-0.2, 0) is 11.2 Å². The SMILES string of the molecule is CC(=O)Cc1ccc(S)c(S)c1. The maximum Gasteiger partial charge on any atom is 0.134 e. The Bertz CT molecular complexity index is 307. The molecule has 12 heavy (non-hydrogen) atoms. The van der Waals surface area contributed by atoms with Crippen LogP contribution in [0.3, 0.4) is 0 Å². The molecule has 0 spiro atoms. The molecule has 0 atom stereocenters. The van der Waals surface area contributed by atoms with Crippen molar-refractivity contribution in [3.63, 3.8) is 0 Å². The summed E-state index contributed by atoms with van der Waals surface area (Å²) in [5, 5.41) is 0. The van der Waals surface area contributed by atoms with Crippen LogP contribution in [0.15, 0.2) is 28.0 Å². The molecule has 0 heterocycles. The summed E-state index contributed by atoms with van der Waals surface area (Å²) in [6, 6.07) is 5.61. The van der Waals surface area contributed by atoms with Crippen molar-refractivity contribution in [2.75, 3.05) is 0 Å². The van der Waals surface area contributed by atoms with Gasteiger partial charge in [-0.2, -0.15) is 0 Å². The number of hydrogen-bond donors (Lipinski definition) is 2. The molecule has 0 saturated heterocycles. The Kier molecular flexibility index (Phi) is 3.23. The van der Waals surface area contributed by atoms with E-state index in [0.717, 1.165) is 15.4 Å². The Hall–Kier alpha value is -0.410. The van der Waals surface area contributed by atoms with Gasteiger partial charge < -0.3 is 0 Å². The van der Waals surface area contributed by atoms with Crippen molar-refractivity contribution in [2.45, 2.75) is 23.1 Å². The smallest absolute Gasteiger partial charge is 0.134 e. The average Bonchev–Trinajstić information content (AvgIpc) is 1.96. The van der Waals surface area contributed by atoms with E-state index < -0.39 is 0 Å². The fourth-order valence-electron chi connectivity index (χ4n) is 0.966. The largest absolute Gasteiger partial charge is 0.300 e. The van der Waals surface area contributed by atoms with Crippen molar-refractivity contribution < 1.29 is 4.79 Å². The van der Waals surface area contributed by atoms with Gasteiger partial charge in [-0.05, 0) is 24.6 Å². The molecule has 0 aromatic heterocycles. The monoisotopic (exact) mass is 198 g/mol. The van der Waals surface area contributed by atoms with Gasteiger partial charge in [-0.25, -0.2) is 0 Å². The Morgan fingerprint density at radius 2 is 2.00 bits per heavy atom. The molecule has 0 saturated carbocycles. The van der Waals surface area contributed by atoms with Crippen molar-refractivity contribution in [3.8, 4) is 0 Å². The summed E-state index contributed by atoms with van der Waals surface area (Å²) < 4.78 is 0. The Balaban J connectivity index is 2.89. The number of carbonyl (C=O) groups is 1. The summed E-state index contributed by atoms with van der Waals surface area (Å²) in [4.78, 5) is 12.4. The summed E-state index contributed by atoms with van der Waals surface area (Å²) in [6.07, 6.45) is 0.474. The Morgan fingerprint density at radius 3 is 2.50 bits per heavy atom. The van der Waals surface area contributed by atoms with Gasteiger partial charge in [0.15, 0.2) is 0 Å². The van der Waals surface area contributed by atoms with E-state index in [1.165, 1.54) is 0 Å². The minimum absolute atomic E-state index is 0.162. The van der Waals surface area contributed by atoms with Crippen molar-refractivity contribution in [1.29, 1.82) is 0 Å². The number of benzene rings is 1.